The zero-order valence-corrected chi connectivity index (χ0v) is 8.48. The molecule has 0 aliphatic carbocycles. The largest absolute Gasteiger partial charge is 0.508 e. The van der Waals surface area contributed by atoms with Gasteiger partial charge in [-0.3, -0.25) is 4.99 Å². The van der Waals surface area contributed by atoms with E-state index in [2.05, 4.69) is 10.3 Å². The second-order valence-corrected chi connectivity index (χ2v) is 3.48. The van der Waals surface area contributed by atoms with E-state index in [1.807, 2.05) is 24.3 Å². The third kappa shape index (κ3) is 2.84. The van der Waals surface area contributed by atoms with Gasteiger partial charge in [0.1, 0.15) is 11.6 Å². The molecule has 1 aliphatic heterocycles. The van der Waals surface area contributed by atoms with Gasteiger partial charge in [-0.15, -0.1) is 0 Å². The molecular formula is C12H14N2O. The zero-order valence-electron chi connectivity index (χ0n) is 8.48. The monoisotopic (exact) mass is 202 g/mol. The fourth-order valence-electron chi connectivity index (χ4n) is 1.47. The molecule has 78 valence electrons. The molecule has 3 heteroatoms. The number of rotatable bonds is 2. The molecule has 0 amide bonds. The highest BCUT2D eigenvalue weighted by molar-refractivity contribution is 5.96. The highest BCUT2D eigenvalue weighted by atomic mass is 16.3. The first kappa shape index (κ1) is 9.77. The number of aromatic hydroxyl groups is 1. The molecule has 1 aromatic rings. The Labute approximate surface area is 89.2 Å². The van der Waals surface area contributed by atoms with Gasteiger partial charge in [0.2, 0.25) is 0 Å². The Morgan fingerprint density at radius 3 is 3.00 bits per heavy atom. The Bertz CT molecular complexity index is 396. The summed E-state index contributed by atoms with van der Waals surface area (Å²) >= 11 is 0. The van der Waals surface area contributed by atoms with Crippen LogP contribution in [0.3, 0.4) is 0 Å². The second-order valence-electron chi connectivity index (χ2n) is 3.48. The average Bonchev–Trinajstić information content (AvgIpc) is 2.28. The number of aliphatic imine (C=N–C) groups is 1. The van der Waals surface area contributed by atoms with Gasteiger partial charge < -0.3 is 10.4 Å². The van der Waals surface area contributed by atoms with Crippen LogP contribution in [0.5, 0.6) is 5.75 Å². The Kier molecular flexibility index (Phi) is 3.02. The molecule has 2 N–H and O–H groups in total. The van der Waals surface area contributed by atoms with Crippen molar-refractivity contribution < 1.29 is 5.11 Å². The summed E-state index contributed by atoms with van der Waals surface area (Å²) in [4.78, 5) is 4.32. The predicted molar refractivity (Wildman–Crippen MR) is 62.1 cm³/mol. The molecule has 15 heavy (non-hydrogen) atoms. The van der Waals surface area contributed by atoms with Crippen molar-refractivity contribution in [3.63, 3.8) is 0 Å². The van der Waals surface area contributed by atoms with E-state index in [-0.39, 0.29) is 5.75 Å². The Hall–Kier alpha value is -1.77. The van der Waals surface area contributed by atoms with Gasteiger partial charge in [-0.05, 0) is 30.2 Å². The SMILES string of the molecule is Oc1cccc(/C=C/C2=NCCCN2)c1. The second kappa shape index (κ2) is 4.64. The normalized spacial score (nSPS) is 16.1. The molecule has 1 heterocycles. The van der Waals surface area contributed by atoms with Crippen LogP contribution < -0.4 is 5.32 Å². The third-order valence-electron chi connectivity index (χ3n) is 2.23. The van der Waals surface area contributed by atoms with Crippen molar-refractivity contribution in [2.24, 2.45) is 4.99 Å². The van der Waals surface area contributed by atoms with Crippen LogP contribution in [0.4, 0.5) is 0 Å². The number of nitrogens with one attached hydrogen (secondary N) is 1. The van der Waals surface area contributed by atoms with E-state index in [1.54, 1.807) is 12.1 Å². The van der Waals surface area contributed by atoms with Crippen LogP contribution in [-0.4, -0.2) is 24.0 Å². The first-order valence-electron chi connectivity index (χ1n) is 5.10. The van der Waals surface area contributed by atoms with Gasteiger partial charge in [-0.1, -0.05) is 18.2 Å². The van der Waals surface area contributed by atoms with E-state index in [0.29, 0.717) is 0 Å². The van der Waals surface area contributed by atoms with Gasteiger partial charge in [0.25, 0.3) is 0 Å². The van der Waals surface area contributed by atoms with Crippen molar-refractivity contribution in [3.8, 4) is 5.75 Å². The van der Waals surface area contributed by atoms with E-state index in [4.69, 9.17) is 0 Å². The van der Waals surface area contributed by atoms with Crippen molar-refractivity contribution in [3.05, 3.63) is 35.9 Å². The minimum Gasteiger partial charge on any atom is -0.508 e. The maximum absolute atomic E-state index is 9.27. The lowest BCUT2D eigenvalue weighted by molar-refractivity contribution is 0.475. The number of hydrogen-bond donors (Lipinski definition) is 2. The first-order valence-corrected chi connectivity index (χ1v) is 5.10. The minimum atomic E-state index is 0.288. The lowest BCUT2D eigenvalue weighted by Crippen LogP contribution is -2.27. The quantitative estimate of drug-likeness (QED) is 0.768. The molecule has 0 atom stereocenters. The van der Waals surface area contributed by atoms with Gasteiger partial charge in [-0.2, -0.15) is 0 Å². The molecule has 1 aromatic carbocycles. The fourth-order valence-corrected chi connectivity index (χ4v) is 1.47. The lowest BCUT2D eigenvalue weighted by atomic mass is 10.2. The number of benzene rings is 1. The third-order valence-corrected chi connectivity index (χ3v) is 2.23. The van der Waals surface area contributed by atoms with Gasteiger partial charge >= 0.3 is 0 Å². The average molecular weight is 202 g/mol. The van der Waals surface area contributed by atoms with Crippen LogP contribution in [0.25, 0.3) is 6.08 Å². The van der Waals surface area contributed by atoms with Crippen molar-refractivity contribution >= 4 is 11.9 Å². The van der Waals surface area contributed by atoms with E-state index in [0.717, 1.165) is 30.9 Å². The van der Waals surface area contributed by atoms with Crippen LogP contribution in [-0.2, 0) is 0 Å². The molecule has 1 aliphatic rings. The van der Waals surface area contributed by atoms with E-state index < -0.39 is 0 Å². The lowest BCUT2D eigenvalue weighted by Gasteiger charge is -2.10. The molecule has 0 saturated carbocycles. The summed E-state index contributed by atoms with van der Waals surface area (Å²) in [6.45, 7) is 1.88. The Morgan fingerprint density at radius 2 is 2.27 bits per heavy atom. The maximum atomic E-state index is 9.27. The number of phenolic OH excluding ortho intramolecular Hbond substituents is 1. The molecule has 3 nitrogen and oxygen atoms in total. The maximum Gasteiger partial charge on any atom is 0.120 e. The van der Waals surface area contributed by atoms with E-state index in [1.165, 1.54) is 0 Å². The summed E-state index contributed by atoms with van der Waals surface area (Å²) in [5.74, 6) is 1.21. The van der Waals surface area contributed by atoms with Crippen LogP contribution in [0.1, 0.15) is 12.0 Å². The van der Waals surface area contributed by atoms with Crippen LogP contribution in [0.15, 0.2) is 35.3 Å². The van der Waals surface area contributed by atoms with Crippen LogP contribution >= 0.6 is 0 Å². The number of phenols is 1. The predicted octanol–water partition coefficient (Wildman–Crippen LogP) is 1.80. The highest BCUT2D eigenvalue weighted by Gasteiger charge is 1.98. The number of nitrogens with zero attached hydrogens (tertiary/aromatic N) is 1. The fraction of sp³-hybridized carbons (Fsp3) is 0.250. The van der Waals surface area contributed by atoms with E-state index >= 15 is 0 Å². The molecule has 0 bridgehead atoms. The molecular weight excluding hydrogens is 188 g/mol. The highest BCUT2D eigenvalue weighted by Crippen LogP contribution is 2.12. The molecule has 0 saturated heterocycles. The number of amidine groups is 1. The molecule has 0 aromatic heterocycles. The van der Waals surface area contributed by atoms with Gasteiger partial charge in [-0.25, -0.2) is 0 Å². The smallest absolute Gasteiger partial charge is 0.120 e. The van der Waals surface area contributed by atoms with Crippen molar-refractivity contribution in [1.82, 2.24) is 5.32 Å². The summed E-state index contributed by atoms with van der Waals surface area (Å²) in [5, 5.41) is 12.5. The summed E-state index contributed by atoms with van der Waals surface area (Å²) in [6, 6.07) is 7.15. The first-order chi connectivity index (χ1) is 7.34. The van der Waals surface area contributed by atoms with Gasteiger partial charge in [0.05, 0.1) is 0 Å². The standard InChI is InChI=1S/C12H14N2O/c15-11-4-1-3-10(9-11)5-6-12-13-7-2-8-14-12/h1,3-6,9,15H,2,7-8H2,(H,13,14)/b6-5+. The molecule has 0 spiro atoms. The summed E-state index contributed by atoms with van der Waals surface area (Å²) in [6.07, 6.45) is 4.98. The summed E-state index contributed by atoms with van der Waals surface area (Å²) < 4.78 is 0. The van der Waals surface area contributed by atoms with Crippen molar-refractivity contribution in [2.75, 3.05) is 13.1 Å². The van der Waals surface area contributed by atoms with Crippen molar-refractivity contribution in [2.45, 2.75) is 6.42 Å². The molecule has 0 fully saturated rings. The number of hydrogen-bond acceptors (Lipinski definition) is 3. The molecule has 0 unspecified atom stereocenters. The van der Waals surface area contributed by atoms with Crippen LogP contribution in [0.2, 0.25) is 0 Å². The Morgan fingerprint density at radius 1 is 1.33 bits per heavy atom. The minimum absolute atomic E-state index is 0.288. The van der Waals surface area contributed by atoms with Crippen LogP contribution in [0, 0.1) is 0 Å². The van der Waals surface area contributed by atoms with Gasteiger partial charge in [0.15, 0.2) is 0 Å². The zero-order chi connectivity index (χ0) is 10.5. The Balaban J connectivity index is 2.07. The van der Waals surface area contributed by atoms with E-state index in [9.17, 15) is 5.11 Å². The molecule has 0 radical (unpaired) electrons. The summed E-state index contributed by atoms with van der Waals surface area (Å²) in [7, 11) is 0. The molecule has 2 rings (SSSR count). The van der Waals surface area contributed by atoms with Crippen molar-refractivity contribution in [1.29, 1.82) is 0 Å². The summed E-state index contributed by atoms with van der Waals surface area (Å²) in [5.41, 5.74) is 0.977. The topological polar surface area (TPSA) is 44.6 Å². The van der Waals surface area contributed by atoms with Gasteiger partial charge in [0, 0.05) is 13.1 Å².